The Hall–Kier alpha value is -1.42. The summed E-state index contributed by atoms with van der Waals surface area (Å²) in [4.78, 5) is 0. The fraction of sp³-hybridized carbons (Fsp3) is 0.333. The molecule has 4 nitrogen and oxygen atoms in total. The largest absolute Gasteiger partial charge is 0.473 e. The number of rotatable bonds is 4. The maximum atomic E-state index is 13.1. The first kappa shape index (κ1) is 15.6. The molecule has 0 aromatic heterocycles. The van der Waals surface area contributed by atoms with Gasteiger partial charge in [0, 0.05) is 0 Å². The summed E-state index contributed by atoms with van der Waals surface area (Å²) >= 11 is 0. The Morgan fingerprint density at radius 3 is 1.89 bits per heavy atom. The van der Waals surface area contributed by atoms with E-state index in [1.165, 1.54) is 18.2 Å². The molecule has 1 rings (SSSR count). The summed E-state index contributed by atoms with van der Waals surface area (Å²) in [6.45, 7) is 0. The summed E-state index contributed by atoms with van der Waals surface area (Å²) in [5.41, 5.74) is 0. The summed E-state index contributed by atoms with van der Waals surface area (Å²) < 4.78 is 96.4. The zero-order valence-corrected chi connectivity index (χ0v) is 9.75. The van der Waals surface area contributed by atoms with Crippen LogP contribution in [0, 0.1) is 0 Å². The average Bonchev–Trinajstić information content (AvgIpc) is 2.24. The molecule has 1 unspecified atom stereocenters. The molecule has 1 atom stereocenters. The third-order valence-electron chi connectivity index (χ3n) is 1.94. The van der Waals surface area contributed by atoms with Crippen LogP contribution in [-0.4, -0.2) is 30.5 Å². The molecular formula is C9H7F5O4S. The van der Waals surface area contributed by atoms with Gasteiger partial charge < -0.3 is 4.74 Å². The van der Waals surface area contributed by atoms with Crippen LogP contribution in [0.5, 0.6) is 5.75 Å². The van der Waals surface area contributed by atoms with Crippen molar-refractivity contribution in [3.8, 4) is 5.75 Å². The van der Waals surface area contributed by atoms with Crippen LogP contribution in [0.1, 0.15) is 0 Å². The van der Waals surface area contributed by atoms with E-state index in [2.05, 4.69) is 4.74 Å². The van der Waals surface area contributed by atoms with Gasteiger partial charge >= 0.3 is 21.5 Å². The van der Waals surface area contributed by atoms with E-state index in [1.807, 2.05) is 0 Å². The highest BCUT2D eigenvalue weighted by atomic mass is 32.2. The first-order valence-corrected chi connectivity index (χ1v) is 6.03. The number of halogens is 5. The minimum atomic E-state index is -6.28. The molecule has 1 N–H and O–H groups in total. The molecule has 10 heteroatoms. The van der Waals surface area contributed by atoms with E-state index in [0.29, 0.717) is 0 Å². The second kappa shape index (κ2) is 4.93. The summed E-state index contributed by atoms with van der Waals surface area (Å²) in [6.07, 6.45) is -9.72. The van der Waals surface area contributed by atoms with Crippen molar-refractivity contribution >= 4 is 10.1 Å². The molecule has 0 saturated heterocycles. The van der Waals surface area contributed by atoms with Gasteiger partial charge in [-0.2, -0.15) is 30.4 Å². The Balaban J connectivity index is 3.18. The highest BCUT2D eigenvalue weighted by molar-refractivity contribution is 7.86. The number of hydrogen-bond donors (Lipinski definition) is 1. The van der Waals surface area contributed by atoms with Crippen LogP contribution in [0.25, 0.3) is 0 Å². The van der Waals surface area contributed by atoms with Gasteiger partial charge in [-0.15, -0.1) is 0 Å². The lowest BCUT2D eigenvalue weighted by molar-refractivity contribution is -0.239. The van der Waals surface area contributed by atoms with E-state index in [9.17, 15) is 30.4 Å². The molecule has 0 amide bonds. The molecule has 0 aliphatic heterocycles. The molecule has 0 saturated carbocycles. The third-order valence-corrected chi connectivity index (χ3v) is 2.85. The van der Waals surface area contributed by atoms with Gasteiger partial charge in [0.25, 0.3) is 6.10 Å². The SMILES string of the molecule is O=S(=O)(O)C(F)(F)C(Oc1ccccc1)C(F)(F)F. The van der Waals surface area contributed by atoms with E-state index in [4.69, 9.17) is 4.55 Å². The molecule has 0 heterocycles. The van der Waals surface area contributed by atoms with Crippen LogP contribution in [0.15, 0.2) is 30.3 Å². The average molecular weight is 306 g/mol. The highest BCUT2D eigenvalue weighted by Crippen LogP contribution is 2.38. The van der Waals surface area contributed by atoms with Crippen molar-refractivity contribution in [1.29, 1.82) is 0 Å². The van der Waals surface area contributed by atoms with Gasteiger partial charge in [0.1, 0.15) is 5.75 Å². The van der Waals surface area contributed by atoms with E-state index >= 15 is 0 Å². The zero-order chi connectivity index (χ0) is 14.9. The second-order valence-electron chi connectivity index (χ2n) is 3.39. The lowest BCUT2D eigenvalue weighted by atomic mass is 10.3. The van der Waals surface area contributed by atoms with Gasteiger partial charge in [-0.05, 0) is 12.1 Å². The summed E-state index contributed by atoms with van der Waals surface area (Å²) in [7, 11) is -6.28. The van der Waals surface area contributed by atoms with Crippen molar-refractivity contribution in [1.82, 2.24) is 0 Å². The minimum absolute atomic E-state index is 0.617. The Bertz CT molecular complexity index is 525. The first-order valence-electron chi connectivity index (χ1n) is 4.59. The van der Waals surface area contributed by atoms with Crippen LogP contribution in [-0.2, 0) is 10.1 Å². The summed E-state index contributed by atoms with van der Waals surface area (Å²) in [5.74, 6) is -0.617. The Labute approximate surface area is 104 Å². The second-order valence-corrected chi connectivity index (χ2v) is 4.88. The van der Waals surface area contributed by atoms with Crippen LogP contribution >= 0.6 is 0 Å². The standard InChI is InChI=1S/C9H7F5O4S/c10-8(11,12)7(9(13,14)19(15,16)17)18-6-4-2-1-3-5-6/h1-5,7H,(H,15,16,17). The van der Waals surface area contributed by atoms with Gasteiger partial charge in [-0.25, -0.2) is 0 Å². The third kappa shape index (κ3) is 3.53. The lowest BCUT2D eigenvalue weighted by Gasteiger charge is -2.26. The molecule has 0 aliphatic rings. The fourth-order valence-electron chi connectivity index (χ4n) is 1.10. The first-order chi connectivity index (χ1) is 8.46. The molecule has 1 aromatic carbocycles. The zero-order valence-electron chi connectivity index (χ0n) is 8.93. The van der Waals surface area contributed by atoms with Crippen LogP contribution < -0.4 is 4.74 Å². The molecule has 1 aromatic rings. The normalized spacial score (nSPS) is 15.1. The molecule has 0 radical (unpaired) electrons. The summed E-state index contributed by atoms with van der Waals surface area (Å²) in [5, 5.41) is -5.53. The van der Waals surface area contributed by atoms with Crippen molar-refractivity contribution < 1.29 is 39.7 Å². The molecule has 0 bridgehead atoms. The maximum Gasteiger partial charge on any atom is 0.432 e. The van der Waals surface area contributed by atoms with Crippen molar-refractivity contribution in [2.75, 3.05) is 0 Å². The Morgan fingerprint density at radius 2 is 1.53 bits per heavy atom. The predicted molar refractivity (Wildman–Crippen MR) is 53.4 cm³/mol. The van der Waals surface area contributed by atoms with E-state index in [1.54, 1.807) is 0 Å². The maximum absolute atomic E-state index is 13.1. The Morgan fingerprint density at radius 1 is 1.05 bits per heavy atom. The Kier molecular flexibility index (Phi) is 4.06. The number of hydrogen-bond acceptors (Lipinski definition) is 3. The van der Waals surface area contributed by atoms with Gasteiger partial charge in [0.05, 0.1) is 0 Å². The van der Waals surface area contributed by atoms with Crippen LogP contribution in [0.4, 0.5) is 22.0 Å². The number of alkyl halides is 5. The number of ether oxygens (including phenoxy) is 1. The highest BCUT2D eigenvalue weighted by Gasteiger charge is 2.65. The van der Waals surface area contributed by atoms with Gasteiger partial charge in [0.15, 0.2) is 0 Å². The van der Waals surface area contributed by atoms with Crippen LogP contribution in [0.2, 0.25) is 0 Å². The van der Waals surface area contributed by atoms with Crippen molar-refractivity contribution in [3.63, 3.8) is 0 Å². The predicted octanol–water partition coefficient (Wildman–Crippen LogP) is 2.48. The monoisotopic (exact) mass is 306 g/mol. The smallest absolute Gasteiger partial charge is 0.432 e. The van der Waals surface area contributed by atoms with E-state index in [-0.39, 0.29) is 0 Å². The lowest BCUT2D eigenvalue weighted by Crippen LogP contribution is -2.53. The quantitative estimate of drug-likeness (QED) is 0.685. The fourth-order valence-corrected chi connectivity index (χ4v) is 1.55. The number of benzene rings is 1. The van der Waals surface area contributed by atoms with Crippen molar-refractivity contribution in [2.45, 2.75) is 17.5 Å². The van der Waals surface area contributed by atoms with Gasteiger partial charge in [-0.1, -0.05) is 18.2 Å². The number of para-hydroxylation sites is 1. The van der Waals surface area contributed by atoms with E-state index < -0.39 is 33.4 Å². The molecule has 0 spiro atoms. The molecule has 0 fully saturated rings. The molecule has 0 aliphatic carbocycles. The van der Waals surface area contributed by atoms with Crippen molar-refractivity contribution in [3.05, 3.63) is 30.3 Å². The van der Waals surface area contributed by atoms with Gasteiger partial charge in [-0.3, -0.25) is 4.55 Å². The van der Waals surface area contributed by atoms with Crippen LogP contribution in [0.3, 0.4) is 0 Å². The molecule has 19 heavy (non-hydrogen) atoms. The van der Waals surface area contributed by atoms with Gasteiger partial charge in [0.2, 0.25) is 0 Å². The molecule has 108 valence electrons. The molecular weight excluding hydrogens is 299 g/mol. The minimum Gasteiger partial charge on any atom is -0.473 e. The summed E-state index contributed by atoms with van der Waals surface area (Å²) in [6, 6.07) is 5.65. The van der Waals surface area contributed by atoms with Crippen molar-refractivity contribution in [2.24, 2.45) is 0 Å². The van der Waals surface area contributed by atoms with E-state index in [0.717, 1.165) is 12.1 Å². The topological polar surface area (TPSA) is 63.6 Å².